The highest BCUT2D eigenvalue weighted by atomic mass is 32.2. The second-order valence-electron chi connectivity index (χ2n) is 9.76. The standard InChI is InChI=1S/C27H31FN6O5S/c1-2-39-27(36)22(15-17-5-7-20-19(24(17)28)9-11-30-25(20)29)33-14-10-21(26(33)35)34(40(37)38)18-6-8-23(31-16-18)32-12-3-4-13-32/h5-9,11,16,21-22H,2-4,10,12-15H2,1H3,(H2,29,30)(H,37,38)/t21-,22+/m0/s1. The van der Waals surface area contributed by atoms with Crippen LogP contribution in [0, 0.1) is 5.82 Å². The van der Waals surface area contributed by atoms with E-state index in [9.17, 15) is 18.4 Å². The van der Waals surface area contributed by atoms with Crippen LogP contribution in [0.3, 0.4) is 0 Å². The zero-order valence-electron chi connectivity index (χ0n) is 22.0. The van der Waals surface area contributed by atoms with Crippen molar-refractivity contribution in [3.8, 4) is 0 Å². The summed E-state index contributed by atoms with van der Waals surface area (Å²) in [6.07, 6.45) is 5.08. The van der Waals surface area contributed by atoms with E-state index in [1.807, 2.05) is 0 Å². The van der Waals surface area contributed by atoms with Crippen molar-refractivity contribution in [2.75, 3.05) is 41.2 Å². The van der Waals surface area contributed by atoms with E-state index < -0.39 is 41.0 Å². The molecule has 0 spiro atoms. The second-order valence-corrected chi connectivity index (χ2v) is 10.6. The molecule has 3 atom stereocenters. The predicted molar refractivity (Wildman–Crippen MR) is 149 cm³/mol. The number of hydrogen-bond donors (Lipinski definition) is 2. The Labute approximate surface area is 233 Å². The highest BCUT2D eigenvalue weighted by Crippen LogP contribution is 2.30. The van der Waals surface area contributed by atoms with E-state index in [2.05, 4.69) is 14.9 Å². The number of halogens is 1. The average Bonchev–Trinajstić information content (AvgIpc) is 3.60. The lowest BCUT2D eigenvalue weighted by Crippen LogP contribution is -2.49. The maximum atomic E-state index is 15.5. The van der Waals surface area contributed by atoms with Gasteiger partial charge < -0.3 is 20.3 Å². The van der Waals surface area contributed by atoms with E-state index in [1.54, 1.807) is 25.1 Å². The zero-order valence-corrected chi connectivity index (χ0v) is 22.8. The zero-order chi connectivity index (χ0) is 28.4. The molecule has 2 fully saturated rings. The summed E-state index contributed by atoms with van der Waals surface area (Å²) in [5, 5.41) is 0.698. The molecular formula is C27H31FN6O5S. The smallest absolute Gasteiger partial charge is 0.329 e. The quantitative estimate of drug-likeness (QED) is 0.293. The molecule has 1 unspecified atom stereocenters. The van der Waals surface area contributed by atoms with Crippen LogP contribution < -0.4 is 14.9 Å². The van der Waals surface area contributed by atoms with Crippen molar-refractivity contribution >= 4 is 51.2 Å². The van der Waals surface area contributed by atoms with Crippen LogP contribution in [0.1, 0.15) is 31.7 Å². The predicted octanol–water partition coefficient (Wildman–Crippen LogP) is 2.67. The third-order valence-corrected chi connectivity index (χ3v) is 8.22. The summed E-state index contributed by atoms with van der Waals surface area (Å²) < 4.78 is 44.4. The first kappa shape index (κ1) is 27.7. The number of nitrogens with zero attached hydrogens (tertiary/aromatic N) is 5. The summed E-state index contributed by atoms with van der Waals surface area (Å²) in [5.74, 6) is -0.826. The molecule has 2 aliphatic heterocycles. The second kappa shape index (κ2) is 11.7. The first-order valence-electron chi connectivity index (χ1n) is 13.2. The topological polar surface area (TPSA) is 142 Å². The number of anilines is 3. The molecular weight excluding hydrogens is 539 g/mol. The van der Waals surface area contributed by atoms with Gasteiger partial charge in [-0.1, -0.05) is 12.1 Å². The number of benzene rings is 1. The largest absolute Gasteiger partial charge is 0.464 e. The monoisotopic (exact) mass is 570 g/mol. The van der Waals surface area contributed by atoms with Crippen molar-refractivity contribution in [1.82, 2.24) is 14.9 Å². The normalized spacial score (nSPS) is 18.8. The van der Waals surface area contributed by atoms with Crippen LogP contribution in [0.5, 0.6) is 0 Å². The van der Waals surface area contributed by atoms with Crippen molar-refractivity contribution in [3.63, 3.8) is 0 Å². The summed E-state index contributed by atoms with van der Waals surface area (Å²) in [6, 6.07) is 5.93. The van der Waals surface area contributed by atoms with Crippen LogP contribution in [-0.4, -0.2) is 73.8 Å². The van der Waals surface area contributed by atoms with E-state index in [0.717, 1.165) is 36.1 Å². The Hall–Kier alpha value is -3.84. The average molecular weight is 571 g/mol. The summed E-state index contributed by atoms with van der Waals surface area (Å²) in [4.78, 5) is 38.6. The highest BCUT2D eigenvalue weighted by molar-refractivity contribution is 7.80. The molecule has 1 amide bonds. The molecule has 0 radical (unpaired) electrons. The fourth-order valence-corrected chi connectivity index (χ4v) is 6.15. The first-order chi connectivity index (χ1) is 19.3. The highest BCUT2D eigenvalue weighted by Gasteiger charge is 2.44. The van der Waals surface area contributed by atoms with Gasteiger partial charge in [-0.15, -0.1) is 0 Å². The molecule has 2 saturated heterocycles. The SMILES string of the molecule is CCOC(=O)[C@@H](Cc1ccc2c(N)nccc2c1F)N1CC[C@H](N(c2ccc(N3CCCC3)nc2)S(=O)O)C1=O. The molecule has 4 heterocycles. The lowest BCUT2D eigenvalue weighted by Gasteiger charge is -2.29. The van der Waals surface area contributed by atoms with Crippen molar-refractivity contribution in [1.29, 1.82) is 0 Å². The number of esters is 1. The number of aromatic nitrogens is 2. The van der Waals surface area contributed by atoms with E-state index in [1.165, 1.54) is 29.4 Å². The molecule has 13 heteroatoms. The number of likely N-dealkylation sites (tertiary alicyclic amines) is 1. The Morgan fingerprint density at radius 1 is 1.20 bits per heavy atom. The van der Waals surface area contributed by atoms with Gasteiger partial charge in [0.2, 0.25) is 5.91 Å². The third kappa shape index (κ3) is 5.30. The Kier molecular flexibility index (Phi) is 8.12. The minimum atomic E-state index is -2.54. The van der Waals surface area contributed by atoms with Crippen LogP contribution in [0.15, 0.2) is 42.7 Å². The van der Waals surface area contributed by atoms with Crippen LogP contribution in [0.4, 0.5) is 21.7 Å². The van der Waals surface area contributed by atoms with Gasteiger partial charge in [0, 0.05) is 43.0 Å². The van der Waals surface area contributed by atoms with Gasteiger partial charge in [-0.05, 0) is 49.9 Å². The molecule has 1 aromatic carbocycles. The lowest BCUT2D eigenvalue weighted by atomic mass is 10.0. The number of fused-ring (bicyclic) bond motifs is 1. The molecule has 3 N–H and O–H groups in total. The van der Waals surface area contributed by atoms with Crippen LogP contribution in [-0.2, 0) is 32.0 Å². The number of carbonyl (C=O) groups is 2. The number of pyridine rings is 2. The number of amides is 1. The third-order valence-electron chi connectivity index (χ3n) is 7.42. The summed E-state index contributed by atoms with van der Waals surface area (Å²) in [5.41, 5.74) is 6.39. The Balaban J connectivity index is 1.41. The van der Waals surface area contributed by atoms with Crippen LogP contribution >= 0.6 is 0 Å². The fraction of sp³-hybridized carbons (Fsp3) is 0.407. The fourth-order valence-electron chi connectivity index (χ4n) is 5.45. The van der Waals surface area contributed by atoms with Gasteiger partial charge in [-0.3, -0.25) is 13.7 Å². The van der Waals surface area contributed by atoms with Gasteiger partial charge in [0.15, 0.2) is 0 Å². The van der Waals surface area contributed by atoms with Gasteiger partial charge >= 0.3 is 5.97 Å². The van der Waals surface area contributed by atoms with Crippen molar-refractivity contribution in [3.05, 3.63) is 54.1 Å². The van der Waals surface area contributed by atoms with Gasteiger partial charge in [0.25, 0.3) is 11.3 Å². The Morgan fingerprint density at radius 2 is 1.98 bits per heavy atom. The minimum Gasteiger partial charge on any atom is -0.464 e. The molecule has 0 bridgehead atoms. The molecule has 3 aromatic rings. The minimum absolute atomic E-state index is 0.0744. The van der Waals surface area contributed by atoms with Crippen LogP contribution in [0.25, 0.3) is 10.8 Å². The maximum absolute atomic E-state index is 15.5. The molecule has 0 aliphatic carbocycles. The molecule has 5 rings (SSSR count). The van der Waals surface area contributed by atoms with Gasteiger partial charge in [0.1, 0.15) is 29.5 Å². The lowest BCUT2D eigenvalue weighted by molar-refractivity contribution is -0.153. The molecule has 2 aliphatic rings. The Bertz CT molecular complexity index is 1430. The van der Waals surface area contributed by atoms with E-state index in [-0.39, 0.29) is 42.8 Å². The van der Waals surface area contributed by atoms with Gasteiger partial charge in [-0.25, -0.2) is 23.4 Å². The first-order valence-corrected chi connectivity index (χ1v) is 14.3. The van der Waals surface area contributed by atoms with Gasteiger partial charge in [0.05, 0.1) is 18.5 Å². The number of nitrogen functional groups attached to an aromatic ring is 1. The molecule has 0 saturated carbocycles. The number of nitrogens with two attached hydrogens (primary N) is 1. The maximum Gasteiger partial charge on any atom is 0.329 e. The molecule has 40 heavy (non-hydrogen) atoms. The van der Waals surface area contributed by atoms with Crippen molar-refractivity contribution in [2.45, 2.75) is 44.7 Å². The van der Waals surface area contributed by atoms with Crippen LogP contribution in [0.2, 0.25) is 0 Å². The van der Waals surface area contributed by atoms with Crippen molar-refractivity contribution in [2.24, 2.45) is 0 Å². The summed E-state index contributed by atoms with van der Waals surface area (Å²) in [7, 11) is 0. The van der Waals surface area contributed by atoms with Gasteiger partial charge in [-0.2, -0.15) is 0 Å². The summed E-state index contributed by atoms with van der Waals surface area (Å²) >= 11 is -2.54. The number of ether oxygens (including phenoxy) is 1. The summed E-state index contributed by atoms with van der Waals surface area (Å²) in [6.45, 7) is 3.63. The Morgan fingerprint density at radius 3 is 2.65 bits per heavy atom. The number of hydrogen-bond acceptors (Lipinski definition) is 8. The number of carbonyl (C=O) groups excluding carboxylic acids is 2. The van der Waals surface area contributed by atoms with E-state index >= 15 is 4.39 Å². The van der Waals surface area contributed by atoms with E-state index in [0.29, 0.717) is 11.1 Å². The molecule has 11 nitrogen and oxygen atoms in total. The van der Waals surface area contributed by atoms with Crippen molar-refractivity contribution < 1.29 is 27.5 Å². The number of rotatable bonds is 9. The van der Waals surface area contributed by atoms with E-state index in [4.69, 9.17) is 10.5 Å². The molecule has 2 aromatic heterocycles. The molecule has 212 valence electrons.